The molecule has 5 heteroatoms. The molecule has 0 saturated heterocycles. The van der Waals surface area contributed by atoms with Gasteiger partial charge in [0.25, 0.3) is 0 Å². The maximum Gasteiger partial charge on any atom is 0.425 e. The molecule has 1 atom stereocenters. The van der Waals surface area contributed by atoms with Crippen molar-refractivity contribution in [2.24, 2.45) is 5.73 Å². The number of benzene rings is 1. The van der Waals surface area contributed by atoms with Gasteiger partial charge < -0.3 is 10.5 Å². The van der Waals surface area contributed by atoms with E-state index in [0.717, 1.165) is 12.0 Å². The van der Waals surface area contributed by atoms with Gasteiger partial charge in [0.05, 0.1) is 0 Å². The van der Waals surface area contributed by atoms with Crippen molar-refractivity contribution < 1.29 is 17.9 Å². The van der Waals surface area contributed by atoms with E-state index in [0.29, 0.717) is 0 Å². The molecule has 1 rings (SSSR count). The van der Waals surface area contributed by atoms with Crippen LogP contribution in [-0.4, -0.2) is 18.8 Å². The zero-order valence-corrected chi connectivity index (χ0v) is 9.63. The van der Waals surface area contributed by atoms with Gasteiger partial charge in [0.1, 0.15) is 5.75 Å². The minimum atomic E-state index is -4.39. The van der Waals surface area contributed by atoms with Crippen LogP contribution in [0.1, 0.15) is 18.9 Å². The normalized spacial score (nSPS) is 13.5. The summed E-state index contributed by atoms with van der Waals surface area (Å²) in [5.74, 6) is 0.236. The van der Waals surface area contributed by atoms with E-state index in [2.05, 4.69) is 0 Å². The quantitative estimate of drug-likeness (QED) is 0.868. The first-order valence-electron chi connectivity index (χ1n) is 5.49. The SMILES string of the molecule is CCc1cccc(OC(CCN)C(F)(F)F)c1. The van der Waals surface area contributed by atoms with Crippen LogP contribution in [0.3, 0.4) is 0 Å². The molecule has 0 radical (unpaired) electrons. The molecule has 0 aliphatic rings. The molecule has 2 N–H and O–H groups in total. The van der Waals surface area contributed by atoms with E-state index in [9.17, 15) is 13.2 Å². The fourth-order valence-corrected chi connectivity index (χ4v) is 1.44. The van der Waals surface area contributed by atoms with Crippen molar-refractivity contribution >= 4 is 0 Å². The van der Waals surface area contributed by atoms with E-state index in [1.165, 1.54) is 6.07 Å². The molecule has 0 amide bonds. The molecule has 0 heterocycles. The van der Waals surface area contributed by atoms with Crippen molar-refractivity contribution in [3.63, 3.8) is 0 Å². The molecule has 2 nitrogen and oxygen atoms in total. The van der Waals surface area contributed by atoms with Gasteiger partial charge in [-0.25, -0.2) is 0 Å². The fourth-order valence-electron chi connectivity index (χ4n) is 1.44. The summed E-state index contributed by atoms with van der Waals surface area (Å²) in [6.45, 7) is 1.87. The summed E-state index contributed by atoms with van der Waals surface area (Å²) in [4.78, 5) is 0. The summed E-state index contributed by atoms with van der Waals surface area (Å²) in [6.07, 6.45) is -5.70. The van der Waals surface area contributed by atoms with Crippen LogP contribution in [0.25, 0.3) is 0 Å². The highest BCUT2D eigenvalue weighted by Gasteiger charge is 2.41. The van der Waals surface area contributed by atoms with Gasteiger partial charge in [0, 0.05) is 6.42 Å². The highest BCUT2D eigenvalue weighted by Crippen LogP contribution is 2.27. The van der Waals surface area contributed by atoms with E-state index in [-0.39, 0.29) is 18.7 Å². The predicted molar refractivity (Wildman–Crippen MR) is 60.0 cm³/mol. The van der Waals surface area contributed by atoms with Crippen LogP contribution in [0, 0.1) is 0 Å². The standard InChI is InChI=1S/C12H16F3NO/c1-2-9-4-3-5-10(8-9)17-11(6-7-16)12(13,14)15/h3-5,8,11H,2,6-7,16H2,1H3. The van der Waals surface area contributed by atoms with Crippen LogP contribution in [0.5, 0.6) is 5.75 Å². The second-order valence-electron chi connectivity index (χ2n) is 3.73. The van der Waals surface area contributed by atoms with Crippen molar-refractivity contribution in [2.75, 3.05) is 6.54 Å². The lowest BCUT2D eigenvalue weighted by molar-refractivity contribution is -0.196. The van der Waals surface area contributed by atoms with Gasteiger partial charge >= 0.3 is 6.18 Å². The first-order chi connectivity index (χ1) is 7.97. The molecule has 1 aromatic carbocycles. The van der Waals surface area contributed by atoms with Gasteiger partial charge in [0.15, 0.2) is 6.10 Å². The Morgan fingerprint density at radius 3 is 2.59 bits per heavy atom. The predicted octanol–water partition coefficient (Wildman–Crippen LogP) is 2.91. The summed E-state index contributed by atoms with van der Waals surface area (Å²) < 4.78 is 42.7. The molecule has 1 aromatic rings. The number of hydrogen-bond acceptors (Lipinski definition) is 2. The highest BCUT2D eigenvalue weighted by molar-refractivity contribution is 5.28. The Hall–Kier alpha value is -1.23. The molecule has 0 aromatic heterocycles. The summed E-state index contributed by atoms with van der Waals surface area (Å²) in [5.41, 5.74) is 6.10. The summed E-state index contributed by atoms with van der Waals surface area (Å²) in [6, 6.07) is 6.67. The van der Waals surface area contributed by atoms with Gasteiger partial charge in [0.2, 0.25) is 0 Å². The van der Waals surface area contributed by atoms with Gasteiger partial charge in [-0.15, -0.1) is 0 Å². The summed E-state index contributed by atoms with van der Waals surface area (Å²) >= 11 is 0. The first-order valence-corrected chi connectivity index (χ1v) is 5.49. The molecule has 0 spiro atoms. The third-order valence-electron chi connectivity index (χ3n) is 2.38. The smallest absolute Gasteiger partial charge is 0.425 e. The second kappa shape index (κ2) is 5.91. The lowest BCUT2D eigenvalue weighted by atomic mass is 10.1. The first kappa shape index (κ1) is 13.8. The Labute approximate surface area is 98.6 Å². The van der Waals surface area contributed by atoms with E-state index in [4.69, 9.17) is 10.5 Å². The number of nitrogens with two attached hydrogens (primary N) is 1. The van der Waals surface area contributed by atoms with Gasteiger partial charge in [-0.1, -0.05) is 19.1 Å². The third kappa shape index (κ3) is 4.26. The Morgan fingerprint density at radius 1 is 1.35 bits per heavy atom. The molecule has 0 saturated carbocycles. The topological polar surface area (TPSA) is 35.2 Å². The summed E-state index contributed by atoms with van der Waals surface area (Å²) in [7, 11) is 0. The van der Waals surface area contributed by atoms with Crippen LogP contribution in [-0.2, 0) is 6.42 Å². The van der Waals surface area contributed by atoms with E-state index >= 15 is 0 Å². The molecule has 96 valence electrons. The maximum absolute atomic E-state index is 12.6. The van der Waals surface area contributed by atoms with Crippen LogP contribution in [0.15, 0.2) is 24.3 Å². The van der Waals surface area contributed by atoms with E-state index in [1.54, 1.807) is 12.1 Å². The van der Waals surface area contributed by atoms with Crippen LogP contribution >= 0.6 is 0 Å². The Kier molecular flexibility index (Phi) is 4.81. The minimum Gasteiger partial charge on any atom is -0.481 e. The van der Waals surface area contributed by atoms with Gasteiger partial charge in [-0.2, -0.15) is 13.2 Å². The molecule has 17 heavy (non-hydrogen) atoms. The van der Waals surface area contributed by atoms with Crippen LogP contribution < -0.4 is 10.5 Å². The zero-order chi connectivity index (χ0) is 12.9. The molecule has 0 bridgehead atoms. The van der Waals surface area contributed by atoms with Crippen LogP contribution in [0.2, 0.25) is 0 Å². The van der Waals surface area contributed by atoms with Crippen molar-refractivity contribution in [1.29, 1.82) is 0 Å². The molecule has 0 fully saturated rings. The number of aryl methyl sites for hydroxylation is 1. The average Bonchev–Trinajstić information content (AvgIpc) is 2.27. The van der Waals surface area contributed by atoms with Gasteiger partial charge in [-0.05, 0) is 30.7 Å². The number of hydrogen-bond donors (Lipinski definition) is 1. The molecule has 0 aliphatic carbocycles. The Bertz CT molecular complexity index is 352. The monoisotopic (exact) mass is 247 g/mol. The van der Waals surface area contributed by atoms with Gasteiger partial charge in [-0.3, -0.25) is 0 Å². The molecule has 0 aliphatic heterocycles. The average molecular weight is 247 g/mol. The minimum absolute atomic E-state index is 0.0579. The Morgan fingerprint density at radius 2 is 2.06 bits per heavy atom. The third-order valence-corrected chi connectivity index (χ3v) is 2.38. The largest absolute Gasteiger partial charge is 0.481 e. The second-order valence-corrected chi connectivity index (χ2v) is 3.73. The zero-order valence-electron chi connectivity index (χ0n) is 9.63. The van der Waals surface area contributed by atoms with E-state index < -0.39 is 12.3 Å². The molecular weight excluding hydrogens is 231 g/mol. The van der Waals surface area contributed by atoms with Crippen molar-refractivity contribution in [3.05, 3.63) is 29.8 Å². The van der Waals surface area contributed by atoms with Crippen molar-refractivity contribution in [2.45, 2.75) is 32.0 Å². The fraction of sp³-hybridized carbons (Fsp3) is 0.500. The highest BCUT2D eigenvalue weighted by atomic mass is 19.4. The summed E-state index contributed by atoms with van der Waals surface area (Å²) in [5, 5.41) is 0. The van der Waals surface area contributed by atoms with Crippen molar-refractivity contribution in [1.82, 2.24) is 0 Å². The number of halogens is 3. The lowest BCUT2D eigenvalue weighted by Crippen LogP contribution is -2.36. The van der Waals surface area contributed by atoms with Crippen LogP contribution in [0.4, 0.5) is 13.2 Å². The molecular formula is C12H16F3NO. The molecule has 1 unspecified atom stereocenters. The number of ether oxygens (including phenoxy) is 1. The van der Waals surface area contributed by atoms with Crippen molar-refractivity contribution in [3.8, 4) is 5.75 Å². The maximum atomic E-state index is 12.6. The Balaban J connectivity index is 2.78. The lowest BCUT2D eigenvalue weighted by Gasteiger charge is -2.21. The van der Waals surface area contributed by atoms with E-state index in [1.807, 2.05) is 13.0 Å². The number of alkyl halides is 3. The number of rotatable bonds is 5.